The molecular formula is C25H26N2O4. The molecule has 6 heteroatoms. The lowest BCUT2D eigenvalue weighted by Gasteiger charge is -2.22. The number of rotatable bonds is 9. The van der Waals surface area contributed by atoms with E-state index in [1.807, 2.05) is 73.2 Å². The van der Waals surface area contributed by atoms with Crippen molar-refractivity contribution in [1.29, 1.82) is 0 Å². The molecule has 0 unspecified atom stereocenters. The van der Waals surface area contributed by atoms with Crippen molar-refractivity contribution < 1.29 is 19.4 Å². The summed E-state index contributed by atoms with van der Waals surface area (Å²) < 4.78 is 15.8. The second-order valence-corrected chi connectivity index (χ2v) is 7.90. The van der Waals surface area contributed by atoms with Crippen molar-refractivity contribution in [3.8, 4) is 17.2 Å². The number of ether oxygens (including phenoxy) is 2. The van der Waals surface area contributed by atoms with E-state index in [-0.39, 0.29) is 0 Å². The monoisotopic (exact) mass is 418 g/mol. The Balaban J connectivity index is 1.35. The number of aliphatic carboxylic acids is 1. The van der Waals surface area contributed by atoms with Gasteiger partial charge in [-0.05, 0) is 74.9 Å². The van der Waals surface area contributed by atoms with Crippen LogP contribution >= 0.6 is 0 Å². The molecule has 2 aromatic carbocycles. The van der Waals surface area contributed by atoms with Crippen LogP contribution in [0.25, 0.3) is 16.6 Å². The Kier molecular flexibility index (Phi) is 5.71. The second kappa shape index (κ2) is 8.60. The number of nitrogens with zero attached hydrogens (tertiary/aromatic N) is 2. The van der Waals surface area contributed by atoms with E-state index in [0.717, 1.165) is 35.3 Å². The molecule has 4 aromatic rings. The van der Waals surface area contributed by atoms with Crippen LogP contribution in [0.1, 0.15) is 20.3 Å². The maximum Gasteiger partial charge on any atom is 0.347 e. The SMILES string of the molecule is CC(C)(Oc1cccc2c1ccn2CCCOc1ccc(-n2cccc2)cc1)C(=O)O. The largest absolute Gasteiger partial charge is 0.494 e. The minimum absolute atomic E-state index is 0.572. The molecule has 4 rings (SSSR count). The number of carbonyl (C=O) groups is 1. The third-order valence-corrected chi connectivity index (χ3v) is 5.21. The van der Waals surface area contributed by atoms with E-state index >= 15 is 0 Å². The molecular weight excluding hydrogens is 392 g/mol. The maximum atomic E-state index is 11.4. The second-order valence-electron chi connectivity index (χ2n) is 7.90. The first-order valence-electron chi connectivity index (χ1n) is 10.3. The molecule has 1 N–H and O–H groups in total. The lowest BCUT2D eigenvalue weighted by Crippen LogP contribution is -2.37. The topological polar surface area (TPSA) is 65.6 Å². The van der Waals surface area contributed by atoms with Gasteiger partial charge in [0.05, 0.1) is 12.1 Å². The first-order valence-corrected chi connectivity index (χ1v) is 10.3. The highest BCUT2D eigenvalue weighted by Crippen LogP contribution is 2.30. The van der Waals surface area contributed by atoms with Gasteiger partial charge < -0.3 is 23.7 Å². The summed E-state index contributed by atoms with van der Waals surface area (Å²) in [5, 5.41) is 10.2. The molecule has 160 valence electrons. The number of hydrogen-bond donors (Lipinski definition) is 1. The summed E-state index contributed by atoms with van der Waals surface area (Å²) in [5.74, 6) is 0.421. The van der Waals surface area contributed by atoms with Gasteiger partial charge in [-0.25, -0.2) is 4.79 Å². The standard InChI is InChI=1S/C25H26N2O4/c1-25(2,24(28)29)31-23-8-5-7-22-21(23)13-17-27(22)16-6-18-30-20-11-9-19(10-12-20)26-14-3-4-15-26/h3-5,7-15,17H,6,16,18H2,1-2H3,(H,28,29). The Bertz CT molecular complexity index is 1160. The first-order chi connectivity index (χ1) is 14.9. The minimum atomic E-state index is -1.29. The van der Waals surface area contributed by atoms with E-state index < -0.39 is 11.6 Å². The fourth-order valence-electron chi connectivity index (χ4n) is 3.44. The average Bonchev–Trinajstić information content (AvgIpc) is 3.42. The fourth-order valence-corrected chi connectivity index (χ4v) is 3.44. The van der Waals surface area contributed by atoms with Crippen molar-refractivity contribution in [3.05, 3.63) is 79.3 Å². The molecule has 2 heterocycles. The first kappa shape index (κ1) is 20.6. The molecule has 0 saturated heterocycles. The zero-order valence-electron chi connectivity index (χ0n) is 17.7. The number of hydrogen-bond acceptors (Lipinski definition) is 3. The van der Waals surface area contributed by atoms with Gasteiger partial charge in [-0.1, -0.05) is 6.07 Å². The van der Waals surface area contributed by atoms with Crippen LogP contribution < -0.4 is 9.47 Å². The third kappa shape index (κ3) is 4.58. The molecule has 31 heavy (non-hydrogen) atoms. The molecule has 0 amide bonds. The molecule has 0 spiro atoms. The van der Waals surface area contributed by atoms with Crippen molar-refractivity contribution in [2.24, 2.45) is 0 Å². The van der Waals surface area contributed by atoms with Gasteiger partial charge >= 0.3 is 5.97 Å². The highest BCUT2D eigenvalue weighted by Gasteiger charge is 2.30. The van der Waals surface area contributed by atoms with Crippen molar-refractivity contribution in [3.63, 3.8) is 0 Å². The summed E-state index contributed by atoms with van der Waals surface area (Å²) in [7, 11) is 0. The molecule has 0 radical (unpaired) electrons. The Morgan fingerprint density at radius 3 is 2.42 bits per heavy atom. The molecule has 0 fully saturated rings. The van der Waals surface area contributed by atoms with E-state index in [9.17, 15) is 9.90 Å². The van der Waals surface area contributed by atoms with Crippen LogP contribution in [0.3, 0.4) is 0 Å². The van der Waals surface area contributed by atoms with Crippen LogP contribution in [0, 0.1) is 0 Å². The molecule has 0 saturated carbocycles. The van der Waals surface area contributed by atoms with Gasteiger partial charge in [-0.15, -0.1) is 0 Å². The number of carboxylic acid groups (broad SMARTS) is 1. The zero-order valence-corrected chi connectivity index (χ0v) is 17.7. The van der Waals surface area contributed by atoms with Crippen LogP contribution in [0.2, 0.25) is 0 Å². The molecule has 0 aliphatic heterocycles. The highest BCUT2D eigenvalue weighted by atomic mass is 16.5. The van der Waals surface area contributed by atoms with Crippen LogP contribution in [-0.2, 0) is 11.3 Å². The van der Waals surface area contributed by atoms with Crippen LogP contribution in [0.5, 0.6) is 11.5 Å². The van der Waals surface area contributed by atoms with E-state index in [4.69, 9.17) is 9.47 Å². The van der Waals surface area contributed by atoms with Crippen molar-refractivity contribution in [2.75, 3.05) is 6.61 Å². The van der Waals surface area contributed by atoms with Crippen LogP contribution in [0.4, 0.5) is 0 Å². The smallest absolute Gasteiger partial charge is 0.347 e. The van der Waals surface area contributed by atoms with Gasteiger partial charge in [0.2, 0.25) is 0 Å². The van der Waals surface area contributed by atoms with E-state index in [2.05, 4.69) is 9.13 Å². The molecule has 0 aliphatic carbocycles. The summed E-state index contributed by atoms with van der Waals surface area (Å²) in [6.07, 6.45) is 6.86. The molecule has 6 nitrogen and oxygen atoms in total. The van der Waals surface area contributed by atoms with Gasteiger partial charge in [0, 0.05) is 36.2 Å². The predicted octanol–water partition coefficient (Wildman–Crippen LogP) is 5.14. The normalized spacial score (nSPS) is 11.5. The van der Waals surface area contributed by atoms with Gasteiger partial charge in [0.1, 0.15) is 11.5 Å². The molecule has 0 aliphatic rings. The Morgan fingerprint density at radius 2 is 1.71 bits per heavy atom. The lowest BCUT2D eigenvalue weighted by atomic mass is 10.1. The predicted molar refractivity (Wildman–Crippen MR) is 120 cm³/mol. The van der Waals surface area contributed by atoms with E-state index in [1.54, 1.807) is 19.9 Å². The number of aryl methyl sites for hydroxylation is 1. The lowest BCUT2D eigenvalue weighted by molar-refractivity contribution is -0.152. The number of benzene rings is 2. The van der Waals surface area contributed by atoms with E-state index in [0.29, 0.717) is 12.4 Å². The third-order valence-electron chi connectivity index (χ3n) is 5.21. The highest BCUT2D eigenvalue weighted by molar-refractivity contribution is 5.87. The van der Waals surface area contributed by atoms with Gasteiger partial charge in [0.25, 0.3) is 0 Å². The molecule has 0 atom stereocenters. The van der Waals surface area contributed by atoms with Gasteiger partial charge in [-0.3, -0.25) is 0 Å². The Labute approximate surface area is 181 Å². The summed E-state index contributed by atoms with van der Waals surface area (Å²) >= 11 is 0. The molecule has 2 aromatic heterocycles. The maximum absolute atomic E-state index is 11.4. The van der Waals surface area contributed by atoms with E-state index in [1.165, 1.54) is 0 Å². The summed E-state index contributed by atoms with van der Waals surface area (Å²) in [5.41, 5.74) is 0.816. The van der Waals surface area contributed by atoms with Crippen molar-refractivity contribution in [1.82, 2.24) is 9.13 Å². The summed E-state index contributed by atoms with van der Waals surface area (Å²) in [4.78, 5) is 11.4. The summed E-state index contributed by atoms with van der Waals surface area (Å²) in [6.45, 7) is 4.49. The van der Waals surface area contributed by atoms with Crippen molar-refractivity contribution in [2.45, 2.75) is 32.4 Å². The summed E-state index contributed by atoms with van der Waals surface area (Å²) in [6, 6.07) is 19.7. The number of fused-ring (bicyclic) bond motifs is 1. The minimum Gasteiger partial charge on any atom is -0.494 e. The molecule has 0 bridgehead atoms. The Morgan fingerprint density at radius 1 is 0.968 bits per heavy atom. The fraction of sp³-hybridized carbons (Fsp3) is 0.240. The quantitative estimate of drug-likeness (QED) is 0.382. The Hall–Kier alpha value is -3.67. The number of carboxylic acids is 1. The van der Waals surface area contributed by atoms with Crippen LogP contribution in [-0.4, -0.2) is 32.4 Å². The van der Waals surface area contributed by atoms with Gasteiger partial charge in [-0.2, -0.15) is 0 Å². The zero-order chi connectivity index (χ0) is 21.8. The number of aromatic nitrogens is 2. The average molecular weight is 418 g/mol. The van der Waals surface area contributed by atoms with Crippen LogP contribution in [0.15, 0.2) is 79.3 Å². The van der Waals surface area contributed by atoms with Crippen molar-refractivity contribution >= 4 is 16.9 Å². The van der Waals surface area contributed by atoms with Gasteiger partial charge in [0.15, 0.2) is 5.60 Å².